The Morgan fingerprint density at radius 2 is 2.12 bits per heavy atom. The lowest BCUT2D eigenvalue weighted by Gasteiger charge is -2.34. The number of hydrogen-bond acceptors (Lipinski definition) is 1. The summed E-state index contributed by atoms with van der Waals surface area (Å²) < 4.78 is 36.3. The van der Waals surface area contributed by atoms with Crippen molar-refractivity contribution in [2.24, 2.45) is 5.92 Å². The summed E-state index contributed by atoms with van der Waals surface area (Å²) in [6.07, 6.45) is -2.43. The second kappa shape index (κ2) is 4.93. The molecule has 1 saturated heterocycles. The van der Waals surface area contributed by atoms with Gasteiger partial charge in [-0.1, -0.05) is 6.92 Å². The monoisotopic (exact) mass is 238 g/mol. The quantitative estimate of drug-likeness (QED) is 0.687. The van der Waals surface area contributed by atoms with Crippen LogP contribution in [0.25, 0.3) is 0 Å². The zero-order valence-electron chi connectivity index (χ0n) is 9.55. The minimum absolute atomic E-state index is 0.372. The van der Waals surface area contributed by atoms with E-state index in [1.54, 1.807) is 0 Å². The first-order valence-corrected chi connectivity index (χ1v) is 5.36. The molecule has 6 heteroatoms. The van der Waals surface area contributed by atoms with Crippen molar-refractivity contribution in [1.82, 2.24) is 9.80 Å². The molecule has 0 aliphatic carbocycles. The Kier molecular flexibility index (Phi) is 4.04. The number of nitrogens with zero attached hydrogens (tertiary/aromatic N) is 2. The van der Waals surface area contributed by atoms with Crippen LogP contribution in [0.1, 0.15) is 19.8 Å². The fourth-order valence-electron chi connectivity index (χ4n) is 1.94. The van der Waals surface area contributed by atoms with Gasteiger partial charge in [-0.05, 0) is 18.8 Å². The van der Waals surface area contributed by atoms with Gasteiger partial charge in [0, 0.05) is 20.1 Å². The van der Waals surface area contributed by atoms with Crippen molar-refractivity contribution in [3.8, 4) is 0 Å². The number of carbonyl (C=O) groups is 1. The van der Waals surface area contributed by atoms with E-state index in [1.165, 1.54) is 11.9 Å². The number of amides is 2. The highest BCUT2D eigenvalue weighted by Gasteiger charge is 2.33. The van der Waals surface area contributed by atoms with Gasteiger partial charge in [-0.15, -0.1) is 0 Å². The molecule has 1 fully saturated rings. The van der Waals surface area contributed by atoms with Crippen molar-refractivity contribution < 1.29 is 18.0 Å². The van der Waals surface area contributed by atoms with E-state index >= 15 is 0 Å². The van der Waals surface area contributed by atoms with Crippen LogP contribution < -0.4 is 0 Å². The highest BCUT2D eigenvalue weighted by atomic mass is 19.4. The molecule has 1 atom stereocenters. The third-order valence-electron chi connectivity index (χ3n) is 2.67. The van der Waals surface area contributed by atoms with Crippen LogP contribution in [0.4, 0.5) is 18.0 Å². The molecule has 0 radical (unpaired) electrons. The molecular weight excluding hydrogens is 221 g/mol. The number of alkyl halides is 3. The summed E-state index contributed by atoms with van der Waals surface area (Å²) in [6.45, 7) is 1.94. The summed E-state index contributed by atoms with van der Waals surface area (Å²) in [5, 5.41) is 0. The molecule has 16 heavy (non-hydrogen) atoms. The van der Waals surface area contributed by atoms with Crippen molar-refractivity contribution >= 4 is 6.03 Å². The molecule has 1 rings (SSSR count). The first-order valence-electron chi connectivity index (χ1n) is 5.36. The average molecular weight is 238 g/mol. The van der Waals surface area contributed by atoms with Gasteiger partial charge in [-0.25, -0.2) is 4.79 Å². The number of carbonyl (C=O) groups excluding carboxylic acids is 1. The molecule has 1 aliphatic heterocycles. The lowest BCUT2D eigenvalue weighted by molar-refractivity contribution is -0.138. The van der Waals surface area contributed by atoms with Crippen LogP contribution in [0.15, 0.2) is 0 Å². The Bertz CT molecular complexity index is 255. The van der Waals surface area contributed by atoms with Gasteiger partial charge < -0.3 is 9.80 Å². The van der Waals surface area contributed by atoms with Crippen molar-refractivity contribution in [2.45, 2.75) is 25.9 Å². The summed E-state index contributed by atoms with van der Waals surface area (Å²) in [7, 11) is 1.19. The third kappa shape index (κ3) is 3.90. The highest BCUT2D eigenvalue weighted by molar-refractivity contribution is 5.74. The molecule has 1 aliphatic rings. The fraction of sp³-hybridized carbons (Fsp3) is 0.900. The topological polar surface area (TPSA) is 23.6 Å². The molecule has 0 bridgehead atoms. The van der Waals surface area contributed by atoms with E-state index in [-0.39, 0.29) is 0 Å². The Hall–Kier alpha value is -0.940. The molecule has 0 aromatic carbocycles. The van der Waals surface area contributed by atoms with E-state index in [1.807, 2.05) is 6.92 Å². The van der Waals surface area contributed by atoms with Crippen molar-refractivity contribution in [3.05, 3.63) is 0 Å². The molecule has 0 aromatic rings. The molecule has 3 nitrogen and oxygen atoms in total. The SMILES string of the molecule is CC1CCCN(C(=O)N(C)CC(F)(F)F)C1. The minimum atomic E-state index is -4.33. The zero-order valence-corrected chi connectivity index (χ0v) is 9.55. The molecular formula is C10H17F3N2O. The number of piperidine rings is 1. The third-order valence-corrected chi connectivity index (χ3v) is 2.67. The predicted molar refractivity (Wildman–Crippen MR) is 54.1 cm³/mol. The maximum atomic E-state index is 12.1. The number of halogens is 3. The molecule has 94 valence electrons. The first kappa shape index (κ1) is 13.1. The van der Waals surface area contributed by atoms with E-state index in [2.05, 4.69) is 0 Å². The number of likely N-dealkylation sites (tertiary alicyclic amines) is 1. The second-order valence-corrected chi connectivity index (χ2v) is 4.45. The van der Waals surface area contributed by atoms with Gasteiger partial charge in [0.2, 0.25) is 0 Å². The summed E-state index contributed by atoms with van der Waals surface area (Å²) in [4.78, 5) is 13.9. The lowest BCUT2D eigenvalue weighted by Crippen LogP contribution is -2.48. The zero-order chi connectivity index (χ0) is 12.3. The standard InChI is InChI=1S/C10H17F3N2O/c1-8-4-3-5-15(6-8)9(16)14(2)7-10(11,12)13/h8H,3-7H2,1-2H3. The molecule has 0 saturated carbocycles. The smallest absolute Gasteiger partial charge is 0.324 e. The van der Waals surface area contributed by atoms with Gasteiger partial charge in [-0.3, -0.25) is 0 Å². The van der Waals surface area contributed by atoms with E-state index in [4.69, 9.17) is 0 Å². The fourth-order valence-corrected chi connectivity index (χ4v) is 1.94. The van der Waals surface area contributed by atoms with Gasteiger partial charge in [0.15, 0.2) is 0 Å². The predicted octanol–water partition coefficient (Wildman–Crippen LogP) is 2.33. The number of rotatable bonds is 1. The van der Waals surface area contributed by atoms with E-state index in [0.717, 1.165) is 17.7 Å². The van der Waals surface area contributed by atoms with Gasteiger partial charge in [0.25, 0.3) is 0 Å². The minimum Gasteiger partial charge on any atom is -0.324 e. The van der Waals surface area contributed by atoms with Crippen LogP contribution in [0.3, 0.4) is 0 Å². The maximum absolute atomic E-state index is 12.1. The van der Waals surface area contributed by atoms with Crippen LogP contribution in [0.5, 0.6) is 0 Å². The second-order valence-electron chi connectivity index (χ2n) is 4.45. The van der Waals surface area contributed by atoms with Crippen LogP contribution in [0.2, 0.25) is 0 Å². The molecule has 1 unspecified atom stereocenters. The normalized spacial score (nSPS) is 22.1. The van der Waals surface area contributed by atoms with Gasteiger partial charge in [0.1, 0.15) is 6.54 Å². The molecule has 2 amide bonds. The highest BCUT2D eigenvalue weighted by Crippen LogP contribution is 2.19. The Balaban J connectivity index is 2.49. The van der Waals surface area contributed by atoms with Crippen LogP contribution in [0, 0.1) is 5.92 Å². The van der Waals surface area contributed by atoms with Gasteiger partial charge in [0.05, 0.1) is 0 Å². The Morgan fingerprint density at radius 1 is 1.50 bits per heavy atom. The summed E-state index contributed by atoms with van der Waals surface area (Å²) in [6, 6.07) is -0.524. The number of urea groups is 1. The first-order chi connectivity index (χ1) is 7.29. The van der Waals surface area contributed by atoms with Crippen molar-refractivity contribution in [3.63, 3.8) is 0 Å². The summed E-state index contributed by atoms with van der Waals surface area (Å²) in [5.74, 6) is 0.372. The van der Waals surface area contributed by atoms with E-state index in [0.29, 0.717) is 19.0 Å². The average Bonchev–Trinajstić information content (AvgIpc) is 2.14. The van der Waals surface area contributed by atoms with Crippen LogP contribution in [-0.4, -0.2) is 48.7 Å². The number of hydrogen-bond donors (Lipinski definition) is 0. The van der Waals surface area contributed by atoms with Crippen LogP contribution >= 0.6 is 0 Å². The van der Waals surface area contributed by atoms with Gasteiger partial charge >= 0.3 is 12.2 Å². The van der Waals surface area contributed by atoms with E-state index in [9.17, 15) is 18.0 Å². The van der Waals surface area contributed by atoms with Crippen molar-refractivity contribution in [1.29, 1.82) is 0 Å². The lowest BCUT2D eigenvalue weighted by atomic mass is 10.0. The maximum Gasteiger partial charge on any atom is 0.406 e. The molecule has 0 N–H and O–H groups in total. The largest absolute Gasteiger partial charge is 0.406 e. The molecule has 0 spiro atoms. The summed E-state index contributed by atoms with van der Waals surface area (Å²) in [5.41, 5.74) is 0. The molecule has 1 heterocycles. The Morgan fingerprint density at radius 3 is 2.62 bits per heavy atom. The van der Waals surface area contributed by atoms with Gasteiger partial charge in [-0.2, -0.15) is 13.2 Å². The van der Waals surface area contributed by atoms with E-state index < -0.39 is 18.8 Å². The van der Waals surface area contributed by atoms with Crippen molar-refractivity contribution in [2.75, 3.05) is 26.7 Å². The van der Waals surface area contributed by atoms with Crippen LogP contribution in [-0.2, 0) is 0 Å². The Labute approximate surface area is 93.2 Å². The summed E-state index contributed by atoms with van der Waals surface area (Å²) >= 11 is 0. The molecule has 0 aromatic heterocycles.